The van der Waals surface area contributed by atoms with Crippen LogP contribution in [-0.2, 0) is 0 Å². The summed E-state index contributed by atoms with van der Waals surface area (Å²) >= 11 is 0. The Morgan fingerprint density at radius 3 is 2.60 bits per heavy atom. The number of hydrogen-bond acceptors (Lipinski definition) is 0. The van der Waals surface area contributed by atoms with Gasteiger partial charge in [0.05, 0.1) is 0 Å². The third-order valence-corrected chi connectivity index (χ3v) is 6.07. The summed E-state index contributed by atoms with van der Waals surface area (Å²) in [6.07, 6.45) is 7.18. The smallest absolute Gasteiger partial charge is 0.00849 e. The first-order valence-electron chi connectivity index (χ1n) is 6.66. The monoisotopic (exact) mass is 204 g/mol. The standard InChI is InChI=1S/C15H24/c1-10-11-6-7-12-13(11)14(2,3)8-5-9-15(10,12)4/h11-13H,1,5-9H2,2-4H3/t11-,12+,13+,15+/m0/s1. The minimum absolute atomic E-state index is 0.515. The summed E-state index contributed by atoms with van der Waals surface area (Å²) in [5.74, 6) is 2.79. The van der Waals surface area contributed by atoms with Crippen LogP contribution in [0.2, 0.25) is 0 Å². The molecule has 4 bridgehead atoms. The van der Waals surface area contributed by atoms with Crippen molar-refractivity contribution in [1.29, 1.82) is 0 Å². The summed E-state index contributed by atoms with van der Waals surface area (Å²) in [7, 11) is 0. The average Bonchev–Trinajstić information content (AvgIpc) is 2.63. The molecule has 0 aliphatic heterocycles. The summed E-state index contributed by atoms with van der Waals surface area (Å²) in [6.45, 7) is 12.0. The number of hydrogen-bond donors (Lipinski definition) is 0. The Balaban J connectivity index is 2.10. The molecule has 0 aromatic rings. The molecule has 0 amide bonds. The molecule has 0 radical (unpaired) electrons. The second-order valence-corrected chi connectivity index (χ2v) is 7.10. The number of rotatable bonds is 0. The molecule has 3 aliphatic rings. The Morgan fingerprint density at radius 1 is 1.13 bits per heavy atom. The molecular formula is C15H24. The molecule has 3 aliphatic carbocycles. The van der Waals surface area contributed by atoms with Gasteiger partial charge in [-0.05, 0) is 54.3 Å². The van der Waals surface area contributed by atoms with E-state index in [4.69, 9.17) is 0 Å². The second-order valence-electron chi connectivity index (χ2n) is 7.10. The van der Waals surface area contributed by atoms with Crippen molar-refractivity contribution in [2.24, 2.45) is 28.6 Å². The van der Waals surface area contributed by atoms with Gasteiger partial charge < -0.3 is 0 Å². The highest BCUT2D eigenvalue weighted by Crippen LogP contribution is 2.70. The maximum absolute atomic E-state index is 4.46. The molecule has 0 heterocycles. The van der Waals surface area contributed by atoms with E-state index >= 15 is 0 Å². The van der Waals surface area contributed by atoms with E-state index in [0.29, 0.717) is 10.8 Å². The van der Waals surface area contributed by atoms with Gasteiger partial charge in [0.1, 0.15) is 0 Å². The molecule has 15 heavy (non-hydrogen) atoms. The first-order chi connectivity index (χ1) is 6.97. The van der Waals surface area contributed by atoms with Gasteiger partial charge in [-0.15, -0.1) is 0 Å². The normalized spacial score (nSPS) is 51.9. The van der Waals surface area contributed by atoms with Crippen molar-refractivity contribution < 1.29 is 0 Å². The van der Waals surface area contributed by atoms with E-state index in [-0.39, 0.29) is 0 Å². The van der Waals surface area contributed by atoms with Crippen LogP contribution in [0, 0.1) is 28.6 Å². The quantitative estimate of drug-likeness (QED) is 0.513. The summed E-state index contributed by atoms with van der Waals surface area (Å²) in [5.41, 5.74) is 2.71. The Bertz CT molecular complexity index is 312. The summed E-state index contributed by atoms with van der Waals surface area (Å²) in [4.78, 5) is 0. The zero-order valence-corrected chi connectivity index (χ0v) is 10.5. The summed E-state index contributed by atoms with van der Waals surface area (Å²) in [5, 5.41) is 0. The van der Waals surface area contributed by atoms with E-state index in [0.717, 1.165) is 17.8 Å². The first-order valence-corrected chi connectivity index (χ1v) is 6.66. The van der Waals surface area contributed by atoms with Crippen molar-refractivity contribution in [2.45, 2.75) is 52.9 Å². The van der Waals surface area contributed by atoms with Crippen LogP contribution in [0.5, 0.6) is 0 Å². The largest absolute Gasteiger partial charge is 0.0990 e. The van der Waals surface area contributed by atoms with E-state index < -0.39 is 0 Å². The average molecular weight is 204 g/mol. The van der Waals surface area contributed by atoms with Crippen molar-refractivity contribution in [3.8, 4) is 0 Å². The van der Waals surface area contributed by atoms with E-state index in [1.807, 2.05) is 0 Å². The maximum Gasteiger partial charge on any atom is -0.00849 e. The molecule has 84 valence electrons. The van der Waals surface area contributed by atoms with Gasteiger partial charge in [-0.2, -0.15) is 0 Å². The molecule has 0 heteroatoms. The fourth-order valence-electron chi connectivity index (χ4n) is 5.28. The van der Waals surface area contributed by atoms with Crippen molar-refractivity contribution in [3.63, 3.8) is 0 Å². The summed E-state index contributed by atoms with van der Waals surface area (Å²) in [6, 6.07) is 0. The van der Waals surface area contributed by atoms with Crippen molar-refractivity contribution in [2.75, 3.05) is 0 Å². The van der Waals surface area contributed by atoms with Crippen LogP contribution in [0.1, 0.15) is 52.9 Å². The lowest BCUT2D eigenvalue weighted by atomic mass is 9.69. The lowest BCUT2D eigenvalue weighted by Crippen LogP contribution is -2.28. The van der Waals surface area contributed by atoms with Crippen LogP contribution in [0.25, 0.3) is 0 Å². The van der Waals surface area contributed by atoms with Gasteiger partial charge in [-0.3, -0.25) is 0 Å². The number of allylic oxidation sites excluding steroid dienone is 1. The highest BCUT2D eigenvalue weighted by atomic mass is 14.7. The van der Waals surface area contributed by atoms with Crippen LogP contribution in [-0.4, -0.2) is 0 Å². The molecule has 0 aromatic carbocycles. The third-order valence-electron chi connectivity index (χ3n) is 6.07. The van der Waals surface area contributed by atoms with Crippen LogP contribution in [0.3, 0.4) is 0 Å². The van der Waals surface area contributed by atoms with E-state index in [9.17, 15) is 0 Å². The molecule has 3 saturated carbocycles. The molecule has 0 nitrogen and oxygen atoms in total. The Hall–Kier alpha value is -0.260. The Morgan fingerprint density at radius 2 is 1.87 bits per heavy atom. The van der Waals surface area contributed by atoms with Gasteiger partial charge in [0.2, 0.25) is 0 Å². The topological polar surface area (TPSA) is 0 Å². The molecule has 3 rings (SSSR count). The SMILES string of the molecule is C=C1[C@@H]2CC[C@@H]3[C@@H]2C(C)(C)CCC[C@]13C. The fourth-order valence-corrected chi connectivity index (χ4v) is 5.28. The van der Waals surface area contributed by atoms with E-state index in [2.05, 4.69) is 27.4 Å². The van der Waals surface area contributed by atoms with Gasteiger partial charge in [0.25, 0.3) is 0 Å². The molecule has 3 fully saturated rings. The van der Waals surface area contributed by atoms with Gasteiger partial charge >= 0.3 is 0 Å². The van der Waals surface area contributed by atoms with E-state index in [1.54, 1.807) is 5.57 Å². The lowest BCUT2D eigenvalue weighted by Gasteiger charge is -2.35. The summed E-state index contributed by atoms with van der Waals surface area (Å²) < 4.78 is 0. The fraction of sp³-hybridized carbons (Fsp3) is 0.867. The predicted octanol–water partition coefficient (Wildman–Crippen LogP) is 4.42. The third kappa shape index (κ3) is 1.04. The van der Waals surface area contributed by atoms with Gasteiger partial charge in [-0.25, -0.2) is 0 Å². The van der Waals surface area contributed by atoms with Crippen molar-refractivity contribution in [1.82, 2.24) is 0 Å². The first kappa shape index (κ1) is 9.93. The van der Waals surface area contributed by atoms with Crippen molar-refractivity contribution in [3.05, 3.63) is 12.2 Å². The van der Waals surface area contributed by atoms with Gasteiger partial charge in [0.15, 0.2) is 0 Å². The lowest BCUT2D eigenvalue weighted by molar-refractivity contribution is 0.141. The van der Waals surface area contributed by atoms with Crippen LogP contribution in [0.15, 0.2) is 12.2 Å². The highest BCUT2D eigenvalue weighted by molar-refractivity contribution is 5.29. The van der Waals surface area contributed by atoms with Crippen LogP contribution < -0.4 is 0 Å². The van der Waals surface area contributed by atoms with Crippen molar-refractivity contribution >= 4 is 0 Å². The molecule has 0 aromatic heterocycles. The zero-order valence-electron chi connectivity index (χ0n) is 10.5. The Labute approximate surface area is 94.1 Å². The molecule has 0 spiro atoms. The van der Waals surface area contributed by atoms with Crippen LogP contribution in [0.4, 0.5) is 0 Å². The molecule has 0 unspecified atom stereocenters. The minimum Gasteiger partial charge on any atom is -0.0990 e. The Kier molecular flexibility index (Phi) is 1.79. The molecular weight excluding hydrogens is 180 g/mol. The van der Waals surface area contributed by atoms with E-state index in [1.165, 1.54) is 32.1 Å². The molecule has 4 atom stereocenters. The zero-order chi connectivity index (χ0) is 10.8. The van der Waals surface area contributed by atoms with Crippen LogP contribution >= 0.6 is 0 Å². The second kappa shape index (κ2) is 2.70. The minimum atomic E-state index is 0.515. The molecule has 0 saturated heterocycles. The van der Waals surface area contributed by atoms with Gasteiger partial charge in [-0.1, -0.05) is 39.3 Å². The molecule has 0 N–H and O–H groups in total. The predicted molar refractivity (Wildman–Crippen MR) is 64.6 cm³/mol. The maximum atomic E-state index is 4.46. The van der Waals surface area contributed by atoms with Gasteiger partial charge in [0, 0.05) is 0 Å². The highest BCUT2D eigenvalue weighted by Gasteiger charge is 2.61.